The Kier molecular flexibility index (Phi) is 4.12. The summed E-state index contributed by atoms with van der Waals surface area (Å²) in [6.45, 7) is -1.01. The highest BCUT2D eigenvalue weighted by molar-refractivity contribution is 5.88. The maximum absolute atomic E-state index is 12.8. The average molecular weight is 304 g/mol. The largest absolute Gasteiger partial charge is 0.573 e. The van der Waals surface area contributed by atoms with E-state index in [4.69, 9.17) is 10.8 Å². The SMILES string of the molecule is NCc1c(OC(F)(F)F)cnc(C(=O)O)c1C(F)(F)F. The number of rotatable bonds is 3. The van der Waals surface area contributed by atoms with E-state index in [1.807, 2.05) is 0 Å². The topological polar surface area (TPSA) is 85.4 Å². The van der Waals surface area contributed by atoms with Gasteiger partial charge in [-0.1, -0.05) is 0 Å². The number of aromatic carboxylic acids is 1. The molecule has 3 N–H and O–H groups in total. The molecule has 0 radical (unpaired) electrons. The minimum absolute atomic E-state index is 0.231. The summed E-state index contributed by atoms with van der Waals surface area (Å²) in [5.74, 6) is -3.34. The van der Waals surface area contributed by atoms with Crippen molar-refractivity contribution in [3.05, 3.63) is 23.0 Å². The van der Waals surface area contributed by atoms with Gasteiger partial charge in [0.05, 0.1) is 11.8 Å². The smallest absolute Gasteiger partial charge is 0.476 e. The molecule has 0 aliphatic heterocycles. The fourth-order valence-electron chi connectivity index (χ4n) is 1.41. The predicted octanol–water partition coefficient (Wildman–Crippen LogP) is 2.16. The number of hydrogen-bond donors (Lipinski definition) is 2. The second-order valence-corrected chi connectivity index (χ2v) is 3.38. The van der Waals surface area contributed by atoms with Gasteiger partial charge in [-0.05, 0) is 0 Å². The van der Waals surface area contributed by atoms with E-state index in [1.165, 1.54) is 0 Å². The number of hydrogen-bond acceptors (Lipinski definition) is 4. The zero-order chi connectivity index (χ0) is 15.7. The third-order valence-electron chi connectivity index (χ3n) is 2.06. The average Bonchev–Trinajstić information content (AvgIpc) is 2.24. The molecule has 0 spiro atoms. The number of alkyl halides is 6. The van der Waals surface area contributed by atoms with Crippen molar-refractivity contribution in [2.24, 2.45) is 5.73 Å². The summed E-state index contributed by atoms with van der Waals surface area (Å²) in [6.07, 6.45) is -10.3. The zero-order valence-corrected chi connectivity index (χ0v) is 9.34. The molecule has 112 valence electrons. The fourth-order valence-corrected chi connectivity index (χ4v) is 1.41. The van der Waals surface area contributed by atoms with Crippen LogP contribution >= 0.6 is 0 Å². The lowest BCUT2D eigenvalue weighted by atomic mass is 10.0. The molecule has 1 heterocycles. The number of carboxylic acids is 1. The van der Waals surface area contributed by atoms with Crippen molar-refractivity contribution in [3.63, 3.8) is 0 Å². The molecular formula is C9H6F6N2O3. The van der Waals surface area contributed by atoms with Crippen LogP contribution in [0.2, 0.25) is 0 Å². The van der Waals surface area contributed by atoms with E-state index in [-0.39, 0.29) is 6.20 Å². The van der Waals surface area contributed by atoms with Crippen LogP contribution in [0.4, 0.5) is 26.3 Å². The van der Waals surface area contributed by atoms with Crippen molar-refractivity contribution in [1.29, 1.82) is 0 Å². The van der Waals surface area contributed by atoms with Crippen LogP contribution in [0.5, 0.6) is 5.75 Å². The first-order valence-corrected chi connectivity index (χ1v) is 4.75. The van der Waals surface area contributed by atoms with Gasteiger partial charge in [-0.15, -0.1) is 13.2 Å². The maximum atomic E-state index is 12.8. The zero-order valence-electron chi connectivity index (χ0n) is 9.34. The number of nitrogens with zero attached hydrogens (tertiary/aromatic N) is 1. The van der Waals surface area contributed by atoms with Crippen molar-refractivity contribution in [1.82, 2.24) is 4.98 Å². The molecule has 0 unspecified atom stereocenters. The van der Waals surface area contributed by atoms with Gasteiger partial charge < -0.3 is 15.6 Å². The Morgan fingerprint density at radius 2 is 1.85 bits per heavy atom. The van der Waals surface area contributed by atoms with E-state index >= 15 is 0 Å². The lowest BCUT2D eigenvalue weighted by Crippen LogP contribution is -2.24. The van der Waals surface area contributed by atoms with Gasteiger partial charge in [0.1, 0.15) is 0 Å². The van der Waals surface area contributed by atoms with Crippen molar-refractivity contribution in [2.45, 2.75) is 19.1 Å². The third kappa shape index (κ3) is 3.50. The molecular weight excluding hydrogens is 298 g/mol. The molecule has 0 aliphatic rings. The monoisotopic (exact) mass is 304 g/mol. The predicted molar refractivity (Wildman–Crippen MR) is 50.8 cm³/mol. The second kappa shape index (κ2) is 5.15. The van der Waals surface area contributed by atoms with Gasteiger partial charge in [-0.2, -0.15) is 13.2 Å². The van der Waals surface area contributed by atoms with E-state index in [0.29, 0.717) is 0 Å². The molecule has 1 rings (SSSR count). The van der Waals surface area contributed by atoms with Crippen LogP contribution in [0, 0.1) is 0 Å². The molecule has 1 aromatic rings. The summed E-state index contributed by atoms with van der Waals surface area (Å²) in [4.78, 5) is 13.5. The molecule has 0 aliphatic carbocycles. The number of carbonyl (C=O) groups is 1. The maximum Gasteiger partial charge on any atom is 0.573 e. The number of halogens is 6. The first kappa shape index (κ1) is 16.0. The molecule has 5 nitrogen and oxygen atoms in total. The molecule has 0 saturated heterocycles. The van der Waals surface area contributed by atoms with Crippen LogP contribution in [0.3, 0.4) is 0 Å². The van der Waals surface area contributed by atoms with Crippen molar-refractivity contribution in [2.75, 3.05) is 0 Å². The highest BCUT2D eigenvalue weighted by atomic mass is 19.4. The Morgan fingerprint density at radius 1 is 1.30 bits per heavy atom. The summed E-state index contributed by atoms with van der Waals surface area (Å²) in [6, 6.07) is 0. The lowest BCUT2D eigenvalue weighted by Gasteiger charge is -2.18. The van der Waals surface area contributed by atoms with Crippen LogP contribution in [0.25, 0.3) is 0 Å². The van der Waals surface area contributed by atoms with Crippen molar-refractivity contribution in [3.8, 4) is 5.75 Å². The van der Waals surface area contributed by atoms with Crippen LogP contribution in [0.15, 0.2) is 6.20 Å². The van der Waals surface area contributed by atoms with E-state index < -0.39 is 47.6 Å². The molecule has 0 bridgehead atoms. The summed E-state index contributed by atoms with van der Waals surface area (Å²) in [7, 11) is 0. The number of pyridine rings is 1. The first-order valence-electron chi connectivity index (χ1n) is 4.75. The summed E-state index contributed by atoms with van der Waals surface area (Å²) in [5.41, 5.74) is 0.513. The van der Waals surface area contributed by atoms with E-state index in [1.54, 1.807) is 0 Å². The molecule has 1 aromatic heterocycles. The van der Waals surface area contributed by atoms with E-state index in [9.17, 15) is 31.1 Å². The Balaban J connectivity index is 3.57. The Hall–Kier alpha value is -2.04. The van der Waals surface area contributed by atoms with Gasteiger partial charge in [0.25, 0.3) is 0 Å². The van der Waals surface area contributed by atoms with Gasteiger partial charge in [0, 0.05) is 12.1 Å². The number of carboxylic acid groups (broad SMARTS) is 1. The van der Waals surface area contributed by atoms with Crippen LogP contribution in [-0.4, -0.2) is 22.4 Å². The van der Waals surface area contributed by atoms with Crippen LogP contribution < -0.4 is 10.5 Å². The quantitative estimate of drug-likeness (QED) is 0.836. The summed E-state index contributed by atoms with van der Waals surface area (Å²) >= 11 is 0. The van der Waals surface area contributed by atoms with Gasteiger partial charge in [0.2, 0.25) is 0 Å². The fraction of sp³-hybridized carbons (Fsp3) is 0.333. The molecule has 20 heavy (non-hydrogen) atoms. The lowest BCUT2D eigenvalue weighted by molar-refractivity contribution is -0.275. The van der Waals surface area contributed by atoms with Crippen LogP contribution in [0.1, 0.15) is 21.6 Å². The minimum atomic E-state index is -5.26. The van der Waals surface area contributed by atoms with Crippen molar-refractivity contribution >= 4 is 5.97 Å². The molecule has 0 saturated carbocycles. The summed E-state index contributed by atoms with van der Waals surface area (Å²) in [5, 5.41) is 8.61. The van der Waals surface area contributed by atoms with Crippen molar-refractivity contribution < 1.29 is 41.0 Å². The van der Waals surface area contributed by atoms with E-state index in [2.05, 4.69) is 9.72 Å². The Labute approximate surface area is 107 Å². The van der Waals surface area contributed by atoms with Gasteiger partial charge in [-0.25, -0.2) is 9.78 Å². The first-order chi connectivity index (χ1) is 8.97. The highest BCUT2D eigenvalue weighted by Gasteiger charge is 2.42. The molecule has 0 fully saturated rings. The normalized spacial score (nSPS) is 12.3. The van der Waals surface area contributed by atoms with Gasteiger partial charge >= 0.3 is 18.5 Å². The second-order valence-electron chi connectivity index (χ2n) is 3.38. The molecule has 11 heteroatoms. The van der Waals surface area contributed by atoms with Gasteiger partial charge in [-0.3, -0.25) is 0 Å². The molecule has 0 amide bonds. The number of aromatic nitrogens is 1. The highest BCUT2D eigenvalue weighted by Crippen LogP contribution is 2.38. The third-order valence-corrected chi connectivity index (χ3v) is 2.06. The molecule has 0 atom stereocenters. The van der Waals surface area contributed by atoms with Crippen LogP contribution in [-0.2, 0) is 12.7 Å². The standard InChI is InChI=1S/C9H6F6N2O3/c10-8(11,12)5-3(1-16)4(20-9(13,14)15)2-17-6(5)7(18)19/h2H,1,16H2,(H,18,19). The Bertz CT molecular complexity index is 526. The Morgan fingerprint density at radius 3 is 2.20 bits per heavy atom. The van der Waals surface area contributed by atoms with Gasteiger partial charge in [0.15, 0.2) is 11.4 Å². The number of ether oxygens (including phenoxy) is 1. The minimum Gasteiger partial charge on any atom is -0.476 e. The van der Waals surface area contributed by atoms with E-state index in [0.717, 1.165) is 0 Å². The summed E-state index contributed by atoms with van der Waals surface area (Å²) < 4.78 is 77.8. The number of nitrogens with two attached hydrogens (primary N) is 1. The molecule has 0 aromatic carbocycles.